The van der Waals surface area contributed by atoms with Gasteiger partial charge in [0.15, 0.2) is 0 Å². The third-order valence-corrected chi connectivity index (χ3v) is 4.29. The molecule has 136 valence electrons. The lowest BCUT2D eigenvalue weighted by Crippen LogP contribution is -2.41. The van der Waals surface area contributed by atoms with Gasteiger partial charge in [-0.25, -0.2) is 4.39 Å². The number of rotatable bonds is 6. The molecule has 1 aromatic carbocycles. The maximum atomic E-state index is 14.2. The minimum Gasteiger partial charge on any atom is -0.399 e. The van der Waals surface area contributed by atoms with Crippen LogP contribution >= 0.6 is 0 Å². The fraction of sp³-hybridized carbons (Fsp3) is 0.667. The highest BCUT2D eigenvalue weighted by Crippen LogP contribution is 2.36. The van der Waals surface area contributed by atoms with Crippen LogP contribution in [0.5, 0.6) is 0 Å². The zero-order valence-electron chi connectivity index (χ0n) is 15.9. The van der Waals surface area contributed by atoms with Gasteiger partial charge in [-0.1, -0.05) is 26.0 Å². The summed E-state index contributed by atoms with van der Waals surface area (Å²) in [6.45, 7) is 13.0. The summed E-state index contributed by atoms with van der Waals surface area (Å²) in [4.78, 5) is 0. The van der Waals surface area contributed by atoms with E-state index in [1.54, 1.807) is 13.2 Å². The average Bonchev–Trinajstić information content (AvgIpc) is 2.75. The van der Waals surface area contributed by atoms with E-state index in [1.807, 2.05) is 47.6 Å². The molecule has 1 heterocycles. The van der Waals surface area contributed by atoms with Crippen LogP contribution in [-0.2, 0) is 25.4 Å². The van der Waals surface area contributed by atoms with E-state index in [1.165, 1.54) is 6.07 Å². The van der Waals surface area contributed by atoms with Gasteiger partial charge in [-0.05, 0) is 39.2 Å². The lowest BCUT2D eigenvalue weighted by Gasteiger charge is -2.32. The smallest absolute Gasteiger partial charge is 0.399 e. The molecule has 0 N–H and O–H groups in total. The van der Waals surface area contributed by atoms with E-state index in [0.29, 0.717) is 24.2 Å². The zero-order chi connectivity index (χ0) is 18.4. The molecule has 0 saturated carbocycles. The zero-order valence-corrected chi connectivity index (χ0v) is 15.9. The van der Waals surface area contributed by atoms with Crippen LogP contribution in [0.25, 0.3) is 0 Å². The first kappa shape index (κ1) is 21.1. The van der Waals surface area contributed by atoms with E-state index in [4.69, 9.17) is 18.8 Å². The molecule has 6 heteroatoms. The average molecular weight is 340 g/mol. The maximum absolute atomic E-state index is 14.2. The summed E-state index contributed by atoms with van der Waals surface area (Å²) in [7, 11) is 1.05. The highest BCUT2D eigenvalue weighted by Gasteiger charge is 2.51. The van der Waals surface area contributed by atoms with Crippen LogP contribution in [0.15, 0.2) is 18.2 Å². The van der Waals surface area contributed by atoms with Gasteiger partial charge in [0.2, 0.25) is 0 Å². The molecule has 1 fully saturated rings. The largest absolute Gasteiger partial charge is 0.494 e. The lowest BCUT2D eigenvalue weighted by molar-refractivity contribution is 0.00578. The van der Waals surface area contributed by atoms with Crippen molar-refractivity contribution >= 4 is 12.6 Å². The van der Waals surface area contributed by atoms with Gasteiger partial charge >= 0.3 is 7.12 Å². The predicted octanol–water partition coefficient (Wildman–Crippen LogP) is 3.31. The molecule has 4 nitrogen and oxygen atoms in total. The quantitative estimate of drug-likeness (QED) is 0.588. The van der Waals surface area contributed by atoms with Crippen LogP contribution in [0.4, 0.5) is 4.39 Å². The first-order chi connectivity index (χ1) is 11.3. The van der Waals surface area contributed by atoms with Crippen molar-refractivity contribution in [2.24, 2.45) is 0 Å². The molecule has 2 rings (SSSR count). The van der Waals surface area contributed by atoms with Crippen molar-refractivity contribution in [2.75, 3.05) is 20.3 Å². The second-order valence-electron chi connectivity index (χ2n) is 6.48. The fourth-order valence-electron chi connectivity index (χ4n) is 2.13. The molecular weight excluding hydrogens is 310 g/mol. The Hall–Kier alpha value is -0.945. The molecular formula is C18H30BFO4. The molecule has 0 aromatic heterocycles. The van der Waals surface area contributed by atoms with Crippen molar-refractivity contribution in [2.45, 2.75) is 59.4 Å². The van der Waals surface area contributed by atoms with Crippen LogP contribution in [0.1, 0.15) is 47.1 Å². The SMILES string of the molecule is CC.COCCOCc1ccc(B2OC(C)(C)C(C)(C)O2)cc1F. The van der Waals surface area contributed by atoms with Crippen LogP contribution in [0.2, 0.25) is 0 Å². The van der Waals surface area contributed by atoms with Gasteiger partial charge in [-0.15, -0.1) is 0 Å². The number of benzene rings is 1. The van der Waals surface area contributed by atoms with Crippen molar-refractivity contribution in [3.63, 3.8) is 0 Å². The van der Waals surface area contributed by atoms with E-state index in [-0.39, 0.29) is 12.4 Å². The molecule has 0 spiro atoms. The third-order valence-electron chi connectivity index (χ3n) is 4.29. The number of hydrogen-bond acceptors (Lipinski definition) is 4. The number of methoxy groups -OCH3 is 1. The number of halogens is 1. The monoisotopic (exact) mass is 340 g/mol. The van der Waals surface area contributed by atoms with Crippen LogP contribution in [0.3, 0.4) is 0 Å². The molecule has 1 saturated heterocycles. The normalized spacial score (nSPS) is 18.2. The molecule has 0 aliphatic carbocycles. The van der Waals surface area contributed by atoms with Gasteiger partial charge < -0.3 is 18.8 Å². The summed E-state index contributed by atoms with van der Waals surface area (Å²) >= 11 is 0. The van der Waals surface area contributed by atoms with Crippen molar-refractivity contribution in [3.8, 4) is 0 Å². The Morgan fingerprint density at radius 2 is 1.62 bits per heavy atom. The topological polar surface area (TPSA) is 36.9 Å². The Morgan fingerprint density at radius 3 is 2.12 bits per heavy atom. The van der Waals surface area contributed by atoms with Gasteiger partial charge in [0.1, 0.15) is 5.82 Å². The first-order valence-corrected chi connectivity index (χ1v) is 8.47. The van der Waals surface area contributed by atoms with Gasteiger partial charge in [0.25, 0.3) is 0 Å². The maximum Gasteiger partial charge on any atom is 0.494 e. The standard InChI is InChI=1S/C16H24BFO4.C2H6/c1-15(2)16(3,4)22-17(21-15)13-7-6-12(14(18)10-13)11-20-9-8-19-5;1-2/h6-7,10H,8-9,11H2,1-5H3;1-2H3. The molecule has 24 heavy (non-hydrogen) atoms. The number of ether oxygens (including phenoxy) is 2. The minimum absolute atomic E-state index is 0.221. The summed E-state index contributed by atoms with van der Waals surface area (Å²) in [5.74, 6) is -0.315. The van der Waals surface area contributed by atoms with Crippen LogP contribution < -0.4 is 5.46 Å². The second kappa shape index (κ2) is 8.95. The van der Waals surface area contributed by atoms with Gasteiger partial charge in [-0.3, -0.25) is 0 Å². The highest BCUT2D eigenvalue weighted by atomic mass is 19.1. The van der Waals surface area contributed by atoms with Gasteiger partial charge in [0.05, 0.1) is 31.0 Å². The Kier molecular flexibility index (Phi) is 7.87. The van der Waals surface area contributed by atoms with E-state index in [9.17, 15) is 4.39 Å². The highest BCUT2D eigenvalue weighted by molar-refractivity contribution is 6.62. The van der Waals surface area contributed by atoms with Gasteiger partial charge in [0, 0.05) is 12.7 Å². The molecule has 1 aromatic rings. The Bertz CT molecular complexity index is 504. The molecule has 0 bridgehead atoms. The van der Waals surface area contributed by atoms with Gasteiger partial charge in [-0.2, -0.15) is 0 Å². The summed E-state index contributed by atoms with van der Waals surface area (Å²) in [6.07, 6.45) is 0. The fourth-order valence-corrected chi connectivity index (χ4v) is 2.13. The molecule has 0 unspecified atom stereocenters. The lowest BCUT2D eigenvalue weighted by atomic mass is 9.79. The molecule has 1 aliphatic rings. The summed E-state index contributed by atoms with van der Waals surface area (Å²) in [5, 5.41) is 0. The van der Waals surface area contributed by atoms with Crippen molar-refractivity contribution in [1.29, 1.82) is 0 Å². The summed E-state index contributed by atoms with van der Waals surface area (Å²) < 4.78 is 36.2. The Balaban J connectivity index is 0.00000139. The molecule has 0 atom stereocenters. The Morgan fingerprint density at radius 1 is 1.04 bits per heavy atom. The van der Waals surface area contributed by atoms with E-state index >= 15 is 0 Å². The second-order valence-corrected chi connectivity index (χ2v) is 6.48. The first-order valence-electron chi connectivity index (χ1n) is 8.47. The van der Waals surface area contributed by atoms with E-state index in [2.05, 4.69) is 0 Å². The van der Waals surface area contributed by atoms with Crippen molar-refractivity contribution in [3.05, 3.63) is 29.6 Å². The summed E-state index contributed by atoms with van der Waals surface area (Å²) in [5.41, 5.74) is 0.319. The molecule has 0 amide bonds. The van der Waals surface area contributed by atoms with E-state index in [0.717, 1.165) is 0 Å². The number of hydrogen-bond donors (Lipinski definition) is 0. The predicted molar refractivity (Wildman–Crippen MR) is 95.0 cm³/mol. The van der Waals surface area contributed by atoms with Crippen LogP contribution in [-0.4, -0.2) is 38.6 Å². The van der Waals surface area contributed by atoms with Crippen LogP contribution in [0, 0.1) is 5.82 Å². The Labute approximate surface area is 145 Å². The minimum atomic E-state index is -0.553. The molecule has 0 radical (unpaired) electrons. The van der Waals surface area contributed by atoms with Crippen molar-refractivity contribution in [1.82, 2.24) is 0 Å². The molecule has 1 aliphatic heterocycles. The summed E-state index contributed by atoms with van der Waals surface area (Å²) in [6, 6.07) is 4.99. The van der Waals surface area contributed by atoms with E-state index < -0.39 is 18.3 Å². The third kappa shape index (κ3) is 5.02. The van der Waals surface area contributed by atoms with Crippen molar-refractivity contribution < 1.29 is 23.2 Å².